The van der Waals surface area contributed by atoms with Crippen LogP contribution in [-0.4, -0.2) is 40.1 Å². The van der Waals surface area contributed by atoms with Gasteiger partial charge in [0, 0.05) is 12.7 Å². The number of amides is 2. The van der Waals surface area contributed by atoms with Gasteiger partial charge in [-0.15, -0.1) is 0 Å². The lowest BCUT2D eigenvalue weighted by atomic mass is 10.0. The van der Waals surface area contributed by atoms with Crippen LogP contribution in [0.3, 0.4) is 0 Å². The Balaban J connectivity index is 1.79. The molecule has 7 heteroatoms. The highest BCUT2D eigenvalue weighted by molar-refractivity contribution is 6.00. The minimum atomic E-state index is -0.339. The smallest absolute Gasteiger partial charge is 0.257 e. The molecule has 6 nitrogen and oxygen atoms in total. The monoisotopic (exact) mass is 422 g/mol. The zero-order valence-electron chi connectivity index (χ0n) is 18.2. The molecule has 0 atom stereocenters. The molecule has 31 heavy (non-hydrogen) atoms. The maximum absolute atomic E-state index is 13.3. The molecule has 0 aliphatic rings. The summed E-state index contributed by atoms with van der Waals surface area (Å²) in [6.45, 7) is 5.85. The Morgan fingerprint density at radius 1 is 1.13 bits per heavy atom. The number of benzene rings is 2. The lowest BCUT2D eigenvalue weighted by Crippen LogP contribution is -2.35. The molecule has 2 aromatic carbocycles. The highest BCUT2D eigenvalue weighted by atomic mass is 19.1. The fourth-order valence-corrected chi connectivity index (χ4v) is 3.50. The van der Waals surface area contributed by atoms with E-state index in [-0.39, 0.29) is 30.1 Å². The van der Waals surface area contributed by atoms with Gasteiger partial charge in [-0.1, -0.05) is 39.0 Å². The number of carbonyl (C=O) groups is 2. The number of aromatic nitrogens is 2. The molecule has 2 amide bonds. The first-order valence-electron chi connectivity index (χ1n) is 10.3. The Hall–Kier alpha value is -3.48. The van der Waals surface area contributed by atoms with Crippen LogP contribution in [0.5, 0.6) is 0 Å². The number of nitrogens with one attached hydrogen (secondary N) is 1. The van der Waals surface area contributed by atoms with Gasteiger partial charge in [0.1, 0.15) is 5.82 Å². The Morgan fingerprint density at radius 3 is 2.45 bits per heavy atom. The number of hydrogen-bond donors (Lipinski definition) is 1. The van der Waals surface area contributed by atoms with Gasteiger partial charge in [-0.3, -0.25) is 9.59 Å². The second-order valence-electron chi connectivity index (χ2n) is 7.71. The molecular weight excluding hydrogens is 395 g/mol. The topological polar surface area (TPSA) is 67.2 Å². The van der Waals surface area contributed by atoms with Crippen molar-refractivity contribution in [1.29, 1.82) is 0 Å². The summed E-state index contributed by atoms with van der Waals surface area (Å²) in [5.41, 5.74) is 3.58. The van der Waals surface area contributed by atoms with Crippen LogP contribution in [0.2, 0.25) is 0 Å². The van der Waals surface area contributed by atoms with Crippen LogP contribution in [-0.2, 0) is 11.2 Å². The predicted molar refractivity (Wildman–Crippen MR) is 119 cm³/mol. The summed E-state index contributed by atoms with van der Waals surface area (Å²) in [5, 5.41) is 7.24. The van der Waals surface area contributed by atoms with Crippen LogP contribution in [0.1, 0.15) is 48.3 Å². The Morgan fingerprint density at radius 2 is 1.81 bits per heavy atom. The van der Waals surface area contributed by atoms with Crippen molar-refractivity contribution in [2.75, 3.05) is 18.9 Å². The van der Waals surface area contributed by atoms with E-state index in [9.17, 15) is 14.0 Å². The van der Waals surface area contributed by atoms with E-state index < -0.39 is 0 Å². The molecule has 0 aliphatic carbocycles. The van der Waals surface area contributed by atoms with Crippen LogP contribution in [0, 0.1) is 5.82 Å². The maximum atomic E-state index is 13.3. The quantitative estimate of drug-likeness (QED) is 0.613. The number of halogens is 1. The summed E-state index contributed by atoms with van der Waals surface area (Å²) in [5.74, 6) is -0.913. The number of hydrogen-bond acceptors (Lipinski definition) is 3. The second-order valence-corrected chi connectivity index (χ2v) is 7.71. The van der Waals surface area contributed by atoms with Crippen molar-refractivity contribution >= 4 is 17.5 Å². The van der Waals surface area contributed by atoms with Gasteiger partial charge in [-0.2, -0.15) is 5.10 Å². The van der Waals surface area contributed by atoms with Crippen LogP contribution in [0.25, 0.3) is 5.69 Å². The molecule has 3 aromatic rings. The first kappa shape index (κ1) is 22.2. The van der Waals surface area contributed by atoms with Gasteiger partial charge in [0.2, 0.25) is 5.91 Å². The van der Waals surface area contributed by atoms with Crippen molar-refractivity contribution in [3.63, 3.8) is 0 Å². The normalized spacial score (nSPS) is 10.9. The molecule has 1 N–H and O–H groups in total. The van der Waals surface area contributed by atoms with Gasteiger partial charge < -0.3 is 10.2 Å². The Kier molecular flexibility index (Phi) is 6.84. The van der Waals surface area contributed by atoms with E-state index in [1.54, 1.807) is 23.9 Å². The fraction of sp³-hybridized carbons (Fsp3) is 0.292. The highest BCUT2D eigenvalue weighted by Crippen LogP contribution is 2.24. The Bertz CT molecular complexity index is 1070. The summed E-state index contributed by atoms with van der Waals surface area (Å²) < 4.78 is 14.9. The SMILES string of the molecule is CCc1ccccc1NC(=O)CN(C)C(=O)c1cnn(-c2ccc(F)cc2)c1C(C)C. The molecular formula is C24H27FN4O2. The standard InChI is InChI=1S/C24H27FN4O2/c1-5-17-8-6-7-9-21(17)27-22(30)15-28(4)24(31)20-14-26-29(23(20)16(2)3)19-12-10-18(25)11-13-19/h6-14,16H,5,15H2,1-4H3,(H,27,30). The predicted octanol–water partition coefficient (Wildman–Crippen LogP) is 4.41. The minimum Gasteiger partial charge on any atom is -0.332 e. The van der Waals surface area contributed by atoms with Crippen LogP contribution in [0.15, 0.2) is 54.7 Å². The van der Waals surface area contributed by atoms with E-state index in [4.69, 9.17) is 0 Å². The van der Waals surface area contributed by atoms with Crippen molar-refractivity contribution in [2.24, 2.45) is 0 Å². The number of anilines is 1. The first-order chi connectivity index (χ1) is 14.8. The molecule has 1 heterocycles. The van der Waals surface area contributed by atoms with Crippen LogP contribution >= 0.6 is 0 Å². The van der Waals surface area contributed by atoms with Crippen molar-refractivity contribution in [1.82, 2.24) is 14.7 Å². The number of likely N-dealkylation sites (N-methyl/N-ethyl adjacent to an activating group) is 1. The summed E-state index contributed by atoms with van der Waals surface area (Å²) in [7, 11) is 1.59. The molecule has 1 aromatic heterocycles. The van der Waals surface area contributed by atoms with E-state index in [0.717, 1.165) is 17.7 Å². The molecule has 0 radical (unpaired) electrons. The summed E-state index contributed by atoms with van der Waals surface area (Å²) in [4.78, 5) is 27.0. The maximum Gasteiger partial charge on any atom is 0.257 e. The number of nitrogens with zero attached hydrogens (tertiary/aromatic N) is 3. The van der Waals surface area contributed by atoms with Gasteiger partial charge in [-0.25, -0.2) is 9.07 Å². The summed E-state index contributed by atoms with van der Waals surface area (Å²) in [6, 6.07) is 13.5. The third kappa shape index (κ3) is 4.99. The third-order valence-corrected chi connectivity index (χ3v) is 5.05. The summed E-state index contributed by atoms with van der Waals surface area (Å²) >= 11 is 0. The number of aryl methyl sites for hydroxylation is 1. The van der Waals surface area contributed by atoms with Crippen molar-refractivity contribution in [3.8, 4) is 5.69 Å². The molecule has 0 fully saturated rings. The largest absolute Gasteiger partial charge is 0.332 e. The van der Waals surface area contributed by atoms with Crippen molar-refractivity contribution in [2.45, 2.75) is 33.1 Å². The lowest BCUT2D eigenvalue weighted by molar-refractivity contribution is -0.116. The fourth-order valence-electron chi connectivity index (χ4n) is 3.50. The molecule has 3 rings (SSSR count). The first-order valence-corrected chi connectivity index (χ1v) is 10.3. The Labute approximate surface area is 181 Å². The van der Waals surface area contributed by atoms with E-state index in [1.807, 2.05) is 45.0 Å². The second kappa shape index (κ2) is 9.55. The number of para-hydroxylation sites is 1. The van der Waals surface area contributed by atoms with Crippen LogP contribution < -0.4 is 5.32 Å². The van der Waals surface area contributed by atoms with Gasteiger partial charge in [0.25, 0.3) is 5.91 Å². The molecule has 0 spiro atoms. The zero-order chi connectivity index (χ0) is 22.5. The number of carbonyl (C=O) groups excluding carboxylic acids is 2. The molecule has 0 bridgehead atoms. The molecule has 0 unspecified atom stereocenters. The zero-order valence-corrected chi connectivity index (χ0v) is 18.2. The molecule has 162 valence electrons. The van der Waals surface area contributed by atoms with Crippen LogP contribution in [0.4, 0.5) is 10.1 Å². The highest BCUT2D eigenvalue weighted by Gasteiger charge is 2.24. The molecule has 0 saturated carbocycles. The van der Waals surface area contributed by atoms with E-state index in [0.29, 0.717) is 16.9 Å². The van der Waals surface area contributed by atoms with Gasteiger partial charge in [0.05, 0.1) is 29.7 Å². The van der Waals surface area contributed by atoms with Crippen molar-refractivity contribution in [3.05, 3.63) is 77.4 Å². The van der Waals surface area contributed by atoms with Gasteiger partial charge >= 0.3 is 0 Å². The molecule has 0 saturated heterocycles. The average molecular weight is 423 g/mol. The van der Waals surface area contributed by atoms with Gasteiger partial charge in [-0.05, 0) is 48.2 Å². The minimum absolute atomic E-state index is 0.00911. The molecule has 0 aliphatic heterocycles. The van der Waals surface area contributed by atoms with E-state index in [2.05, 4.69) is 10.4 Å². The average Bonchev–Trinajstić information content (AvgIpc) is 3.19. The number of rotatable bonds is 7. The third-order valence-electron chi connectivity index (χ3n) is 5.05. The van der Waals surface area contributed by atoms with E-state index in [1.165, 1.54) is 23.2 Å². The summed E-state index contributed by atoms with van der Waals surface area (Å²) in [6.07, 6.45) is 2.30. The van der Waals surface area contributed by atoms with Gasteiger partial charge in [0.15, 0.2) is 0 Å². The van der Waals surface area contributed by atoms with Crippen molar-refractivity contribution < 1.29 is 14.0 Å². The lowest BCUT2D eigenvalue weighted by Gasteiger charge is -2.19. The van der Waals surface area contributed by atoms with E-state index >= 15 is 0 Å².